The van der Waals surface area contributed by atoms with Crippen molar-refractivity contribution in [1.82, 2.24) is 4.98 Å². The Morgan fingerprint density at radius 1 is 1.24 bits per heavy atom. The number of nitriles is 1. The molecule has 0 saturated carbocycles. The van der Waals surface area contributed by atoms with Crippen LogP contribution in [0.25, 0.3) is 0 Å². The second kappa shape index (κ2) is 9.19. The molecule has 0 aliphatic heterocycles. The number of aromatic hydroxyl groups is 1. The van der Waals surface area contributed by atoms with Gasteiger partial charge in [-0.2, -0.15) is 18.4 Å². The first-order chi connectivity index (χ1) is 13.7. The molecular weight excluding hydrogens is 389 g/mol. The van der Waals surface area contributed by atoms with E-state index in [4.69, 9.17) is 4.74 Å². The van der Waals surface area contributed by atoms with E-state index in [1.54, 1.807) is 13.0 Å². The predicted octanol–water partition coefficient (Wildman–Crippen LogP) is 3.79. The van der Waals surface area contributed by atoms with E-state index >= 15 is 0 Å². The van der Waals surface area contributed by atoms with Crippen LogP contribution < -0.4 is 0 Å². The number of ether oxygens (including phenoxy) is 1. The van der Waals surface area contributed by atoms with E-state index in [9.17, 15) is 33.1 Å². The lowest BCUT2D eigenvalue weighted by atomic mass is 10.0. The van der Waals surface area contributed by atoms with E-state index in [1.807, 2.05) is 0 Å². The summed E-state index contributed by atoms with van der Waals surface area (Å²) in [5.41, 5.74) is -1.07. The van der Waals surface area contributed by atoms with Crippen LogP contribution >= 0.6 is 0 Å². The van der Waals surface area contributed by atoms with E-state index < -0.39 is 34.9 Å². The lowest BCUT2D eigenvalue weighted by Crippen LogP contribution is -2.11. The number of ketones is 1. The van der Waals surface area contributed by atoms with Crippen molar-refractivity contribution in [3.63, 3.8) is 0 Å². The molecular formula is C20H17F3N2O4. The molecule has 0 saturated heterocycles. The van der Waals surface area contributed by atoms with Gasteiger partial charge in [0.2, 0.25) is 0 Å². The zero-order chi connectivity index (χ0) is 21.6. The van der Waals surface area contributed by atoms with Gasteiger partial charge in [0.05, 0.1) is 24.2 Å². The van der Waals surface area contributed by atoms with Crippen LogP contribution in [-0.4, -0.2) is 28.4 Å². The summed E-state index contributed by atoms with van der Waals surface area (Å²) in [5.74, 6) is -1.91. The molecule has 152 valence electrons. The fraction of sp³-hybridized carbons (Fsp3) is 0.300. The smallest absolute Gasteiger partial charge is 0.416 e. The first kappa shape index (κ1) is 21.9. The highest BCUT2D eigenvalue weighted by Gasteiger charge is 2.30. The third kappa shape index (κ3) is 5.78. The molecule has 0 spiro atoms. The van der Waals surface area contributed by atoms with Crippen molar-refractivity contribution in [1.29, 1.82) is 5.26 Å². The number of carbonyl (C=O) groups is 2. The summed E-state index contributed by atoms with van der Waals surface area (Å²) in [5, 5.41) is 19.3. The summed E-state index contributed by atoms with van der Waals surface area (Å²) in [6, 6.07) is 7.51. The van der Waals surface area contributed by atoms with Gasteiger partial charge >= 0.3 is 12.1 Å². The standard InChI is InChI=1S/C20H17F3N2O4/c1-2-29-17(27)7-6-16(26)18-19(28)13(11-24)10-15(25-18)9-12-4-3-5-14(8-12)20(21,22)23/h3-5,8,10,28H,2,6-7,9H2,1H3. The molecule has 0 aliphatic carbocycles. The minimum atomic E-state index is -4.51. The average Bonchev–Trinajstić information content (AvgIpc) is 2.67. The highest BCUT2D eigenvalue weighted by Crippen LogP contribution is 2.30. The Balaban J connectivity index is 2.30. The monoisotopic (exact) mass is 406 g/mol. The SMILES string of the molecule is CCOC(=O)CCC(=O)c1nc(Cc2cccc(C(F)(F)F)c2)cc(C#N)c1O. The van der Waals surface area contributed by atoms with Gasteiger partial charge < -0.3 is 9.84 Å². The molecule has 6 nitrogen and oxygen atoms in total. The topological polar surface area (TPSA) is 100 Å². The molecule has 0 unspecified atom stereocenters. The van der Waals surface area contributed by atoms with Crippen LogP contribution in [0.4, 0.5) is 13.2 Å². The van der Waals surface area contributed by atoms with Crippen molar-refractivity contribution in [2.45, 2.75) is 32.4 Å². The van der Waals surface area contributed by atoms with E-state index in [2.05, 4.69) is 4.98 Å². The Morgan fingerprint density at radius 2 is 1.97 bits per heavy atom. The molecule has 9 heteroatoms. The van der Waals surface area contributed by atoms with Crippen molar-refractivity contribution in [2.75, 3.05) is 6.61 Å². The summed E-state index contributed by atoms with van der Waals surface area (Å²) in [6.45, 7) is 1.77. The number of carbonyl (C=O) groups excluding carboxylic acids is 2. The van der Waals surface area contributed by atoms with Crippen LogP contribution in [0.1, 0.15) is 52.6 Å². The maximum Gasteiger partial charge on any atom is 0.416 e. The summed E-state index contributed by atoms with van der Waals surface area (Å²) < 4.78 is 43.4. The molecule has 1 aromatic carbocycles. The highest BCUT2D eigenvalue weighted by atomic mass is 19.4. The lowest BCUT2D eigenvalue weighted by Gasteiger charge is -2.10. The number of hydrogen-bond donors (Lipinski definition) is 1. The zero-order valence-corrected chi connectivity index (χ0v) is 15.4. The Hall–Kier alpha value is -3.41. The molecule has 0 fully saturated rings. The van der Waals surface area contributed by atoms with Gasteiger partial charge in [-0.25, -0.2) is 4.98 Å². The lowest BCUT2D eigenvalue weighted by molar-refractivity contribution is -0.143. The second-order valence-electron chi connectivity index (χ2n) is 6.07. The first-order valence-corrected chi connectivity index (χ1v) is 8.63. The number of Topliss-reactive ketones (excluding diaryl/α,β-unsaturated/α-hetero) is 1. The van der Waals surface area contributed by atoms with Crippen LogP contribution in [0.3, 0.4) is 0 Å². The van der Waals surface area contributed by atoms with Gasteiger partial charge in [-0.3, -0.25) is 9.59 Å². The molecule has 0 aliphatic rings. The number of hydrogen-bond acceptors (Lipinski definition) is 6. The maximum absolute atomic E-state index is 12.9. The van der Waals surface area contributed by atoms with Crippen LogP contribution in [0.2, 0.25) is 0 Å². The number of rotatable bonds is 7. The van der Waals surface area contributed by atoms with Gasteiger partial charge in [-0.05, 0) is 24.6 Å². The molecule has 1 heterocycles. The minimum Gasteiger partial charge on any atom is -0.504 e. The largest absolute Gasteiger partial charge is 0.504 e. The van der Waals surface area contributed by atoms with Crippen LogP contribution in [-0.2, 0) is 22.1 Å². The molecule has 0 bridgehead atoms. The quantitative estimate of drug-likeness (QED) is 0.555. The maximum atomic E-state index is 12.9. The molecule has 0 radical (unpaired) electrons. The molecule has 2 rings (SSSR count). The fourth-order valence-electron chi connectivity index (χ4n) is 2.60. The Kier molecular flexibility index (Phi) is 6.93. The number of aromatic nitrogens is 1. The van der Waals surface area contributed by atoms with E-state index in [-0.39, 0.29) is 42.7 Å². The number of alkyl halides is 3. The summed E-state index contributed by atoms with van der Waals surface area (Å²) in [7, 11) is 0. The molecule has 1 aromatic heterocycles. The van der Waals surface area contributed by atoms with E-state index in [0.29, 0.717) is 0 Å². The molecule has 1 N–H and O–H groups in total. The van der Waals surface area contributed by atoms with Gasteiger partial charge in [-0.1, -0.05) is 18.2 Å². The number of nitrogens with zero attached hydrogens (tertiary/aromatic N) is 2. The Bertz CT molecular complexity index is 965. The minimum absolute atomic E-state index is 0.0863. The number of esters is 1. The van der Waals surface area contributed by atoms with E-state index in [1.165, 1.54) is 18.2 Å². The predicted molar refractivity (Wildman–Crippen MR) is 95.1 cm³/mol. The molecule has 2 aromatic rings. The molecule has 29 heavy (non-hydrogen) atoms. The Labute approximate surface area is 164 Å². The summed E-state index contributed by atoms with van der Waals surface area (Å²) >= 11 is 0. The first-order valence-electron chi connectivity index (χ1n) is 8.63. The fourth-order valence-corrected chi connectivity index (χ4v) is 2.60. The van der Waals surface area contributed by atoms with Crippen molar-refractivity contribution in [3.8, 4) is 11.8 Å². The van der Waals surface area contributed by atoms with Crippen LogP contribution in [0, 0.1) is 11.3 Å². The van der Waals surface area contributed by atoms with Crippen LogP contribution in [0.5, 0.6) is 5.75 Å². The third-order valence-corrected chi connectivity index (χ3v) is 3.93. The normalized spacial score (nSPS) is 11.0. The van der Waals surface area contributed by atoms with Crippen molar-refractivity contribution < 1.29 is 32.6 Å². The van der Waals surface area contributed by atoms with Gasteiger partial charge in [0.15, 0.2) is 11.5 Å². The zero-order valence-electron chi connectivity index (χ0n) is 15.4. The van der Waals surface area contributed by atoms with Gasteiger partial charge in [-0.15, -0.1) is 0 Å². The average molecular weight is 406 g/mol. The van der Waals surface area contributed by atoms with Crippen molar-refractivity contribution in [2.24, 2.45) is 0 Å². The number of pyridine rings is 1. The second-order valence-corrected chi connectivity index (χ2v) is 6.07. The highest BCUT2D eigenvalue weighted by molar-refractivity contribution is 5.98. The Morgan fingerprint density at radius 3 is 2.59 bits per heavy atom. The third-order valence-electron chi connectivity index (χ3n) is 3.93. The van der Waals surface area contributed by atoms with Gasteiger partial charge in [0.1, 0.15) is 11.8 Å². The van der Waals surface area contributed by atoms with Gasteiger partial charge in [0, 0.05) is 18.5 Å². The summed E-state index contributed by atoms with van der Waals surface area (Å²) in [4.78, 5) is 27.8. The number of halogens is 3. The van der Waals surface area contributed by atoms with Crippen molar-refractivity contribution in [3.05, 3.63) is 58.4 Å². The summed E-state index contributed by atoms with van der Waals surface area (Å²) in [6.07, 6.45) is -5.12. The molecule has 0 amide bonds. The van der Waals surface area contributed by atoms with Crippen LogP contribution in [0.15, 0.2) is 30.3 Å². The van der Waals surface area contributed by atoms with Crippen molar-refractivity contribution >= 4 is 11.8 Å². The molecule has 0 atom stereocenters. The van der Waals surface area contributed by atoms with Gasteiger partial charge in [0.25, 0.3) is 0 Å². The van der Waals surface area contributed by atoms with E-state index in [0.717, 1.165) is 12.1 Å². The number of benzene rings is 1.